The highest BCUT2D eigenvalue weighted by Gasteiger charge is 1.98. The van der Waals surface area contributed by atoms with Crippen LogP contribution in [0.3, 0.4) is 0 Å². The molecule has 0 radical (unpaired) electrons. The van der Waals surface area contributed by atoms with Crippen molar-refractivity contribution < 1.29 is 0 Å². The molecule has 0 N–H and O–H groups in total. The molecule has 0 amide bonds. The Hall–Kier alpha value is -1.08. The second kappa shape index (κ2) is 9.00. The van der Waals surface area contributed by atoms with Crippen molar-refractivity contribution in [3.05, 3.63) is 46.8 Å². The number of thiophene rings is 1. The molecule has 1 aromatic carbocycles. The van der Waals surface area contributed by atoms with Crippen LogP contribution in [-0.2, 0) is 0 Å². The minimum Gasteiger partial charge on any atom is -0.144 e. The van der Waals surface area contributed by atoms with Crippen LogP contribution in [-0.4, -0.2) is 0 Å². The first-order valence-corrected chi connectivity index (χ1v) is 7.26. The van der Waals surface area contributed by atoms with E-state index < -0.39 is 0 Å². The average Bonchev–Trinajstić information content (AvgIpc) is 2.82. The van der Waals surface area contributed by atoms with E-state index in [4.69, 9.17) is 0 Å². The molecule has 0 aliphatic rings. The molecule has 17 heavy (non-hydrogen) atoms. The number of hydrogen-bond acceptors (Lipinski definition) is 1. The Morgan fingerprint density at radius 2 is 1.29 bits per heavy atom. The van der Waals surface area contributed by atoms with Crippen LogP contribution in [0.5, 0.6) is 0 Å². The summed E-state index contributed by atoms with van der Waals surface area (Å²) in [6, 6.07) is 10.9. The summed E-state index contributed by atoms with van der Waals surface area (Å²) in [6.07, 6.45) is 0. The molecule has 2 aromatic rings. The van der Waals surface area contributed by atoms with E-state index in [0.29, 0.717) is 0 Å². The first kappa shape index (κ1) is 15.9. The topological polar surface area (TPSA) is 0 Å². The molecule has 1 heteroatoms. The molecule has 0 aliphatic heterocycles. The first-order valence-electron chi connectivity index (χ1n) is 6.38. The molecule has 0 fully saturated rings. The number of hydrogen-bond donors (Lipinski definition) is 0. The third kappa shape index (κ3) is 5.18. The van der Waals surface area contributed by atoms with Crippen LogP contribution in [0.4, 0.5) is 0 Å². The molecular formula is C16H24S. The molecule has 0 aliphatic carbocycles. The summed E-state index contributed by atoms with van der Waals surface area (Å²) in [5.41, 5.74) is 3.99. The van der Waals surface area contributed by atoms with E-state index in [1.165, 1.54) is 21.6 Å². The lowest BCUT2D eigenvalue weighted by atomic mass is 10.1. The summed E-state index contributed by atoms with van der Waals surface area (Å²) < 4.78 is 0. The van der Waals surface area contributed by atoms with Gasteiger partial charge in [-0.1, -0.05) is 57.5 Å². The highest BCUT2D eigenvalue weighted by Crippen LogP contribution is 2.26. The predicted octanol–water partition coefficient (Wildman–Crippen LogP) is 6.08. The van der Waals surface area contributed by atoms with Crippen molar-refractivity contribution >= 4 is 11.3 Å². The maximum atomic E-state index is 2.23. The summed E-state index contributed by atoms with van der Waals surface area (Å²) in [5.74, 6) is 0. The van der Waals surface area contributed by atoms with Gasteiger partial charge in [0.15, 0.2) is 0 Å². The van der Waals surface area contributed by atoms with Gasteiger partial charge < -0.3 is 0 Å². The van der Waals surface area contributed by atoms with Gasteiger partial charge in [-0.25, -0.2) is 0 Å². The largest absolute Gasteiger partial charge is 0.144 e. The van der Waals surface area contributed by atoms with E-state index in [-0.39, 0.29) is 0 Å². The van der Waals surface area contributed by atoms with E-state index >= 15 is 0 Å². The zero-order valence-corrected chi connectivity index (χ0v) is 12.7. The fourth-order valence-electron chi connectivity index (χ4n) is 1.30. The van der Waals surface area contributed by atoms with Gasteiger partial charge in [-0.15, -0.1) is 11.3 Å². The summed E-state index contributed by atoms with van der Waals surface area (Å²) in [6.45, 7) is 12.2. The Kier molecular flexibility index (Phi) is 8.43. The Balaban J connectivity index is 0.000000581. The smallest absolute Gasteiger partial charge is 0.0345 e. The third-order valence-electron chi connectivity index (χ3n) is 2.07. The van der Waals surface area contributed by atoms with Crippen molar-refractivity contribution in [2.24, 2.45) is 0 Å². The SMILES string of the molecule is CC.CC.Cc1ccc(-c2cc(C)cs2)cc1. The summed E-state index contributed by atoms with van der Waals surface area (Å²) in [5, 5.41) is 2.19. The van der Waals surface area contributed by atoms with Crippen LogP contribution in [0, 0.1) is 13.8 Å². The standard InChI is InChI=1S/C12H12S.2C2H6/c1-9-3-5-11(6-4-9)12-7-10(2)8-13-12;2*1-2/h3-8H,1-2H3;2*1-2H3. The van der Waals surface area contributed by atoms with E-state index in [9.17, 15) is 0 Å². The van der Waals surface area contributed by atoms with Gasteiger partial charge in [-0.2, -0.15) is 0 Å². The lowest BCUT2D eigenvalue weighted by molar-refractivity contribution is 1.47. The lowest BCUT2D eigenvalue weighted by Crippen LogP contribution is -1.73. The van der Waals surface area contributed by atoms with Gasteiger partial charge >= 0.3 is 0 Å². The number of rotatable bonds is 1. The van der Waals surface area contributed by atoms with Gasteiger partial charge in [0.1, 0.15) is 0 Å². The average molecular weight is 248 g/mol. The van der Waals surface area contributed by atoms with Gasteiger partial charge in [0.2, 0.25) is 0 Å². The Morgan fingerprint density at radius 3 is 1.71 bits per heavy atom. The van der Waals surface area contributed by atoms with Crippen LogP contribution in [0.25, 0.3) is 10.4 Å². The second-order valence-corrected chi connectivity index (χ2v) is 4.27. The highest BCUT2D eigenvalue weighted by molar-refractivity contribution is 7.13. The van der Waals surface area contributed by atoms with Gasteiger partial charge in [-0.05, 0) is 36.4 Å². The molecular weight excluding hydrogens is 224 g/mol. The van der Waals surface area contributed by atoms with Crippen molar-refractivity contribution in [3.63, 3.8) is 0 Å². The fraction of sp³-hybridized carbons (Fsp3) is 0.375. The molecule has 0 saturated carbocycles. The molecule has 1 aromatic heterocycles. The Labute approximate surface area is 110 Å². The lowest BCUT2D eigenvalue weighted by Gasteiger charge is -1.96. The van der Waals surface area contributed by atoms with Gasteiger partial charge in [-0.3, -0.25) is 0 Å². The quantitative estimate of drug-likeness (QED) is 0.573. The van der Waals surface area contributed by atoms with Crippen molar-refractivity contribution in [1.82, 2.24) is 0 Å². The number of benzene rings is 1. The molecule has 2 rings (SSSR count). The van der Waals surface area contributed by atoms with E-state index in [1.807, 2.05) is 39.0 Å². The minimum atomic E-state index is 1.32. The predicted molar refractivity (Wildman–Crippen MR) is 81.9 cm³/mol. The molecule has 1 heterocycles. The molecule has 94 valence electrons. The zero-order valence-electron chi connectivity index (χ0n) is 11.9. The molecule has 0 bridgehead atoms. The van der Waals surface area contributed by atoms with Crippen molar-refractivity contribution in [3.8, 4) is 10.4 Å². The van der Waals surface area contributed by atoms with Crippen LogP contribution < -0.4 is 0 Å². The molecule has 0 atom stereocenters. The fourth-order valence-corrected chi connectivity index (χ4v) is 2.21. The highest BCUT2D eigenvalue weighted by atomic mass is 32.1. The number of aryl methyl sites for hydroxylation is 2. The van der Waals surface area contributed by atoms with Gasteiger partial charge in [0.05, 0.1) is 0 Å². The van der Waals surface area contributed by atoms with Gasteiger partial charge in [0.25, 0.3) is 0 Å². The first-order chi connectivity index (χ1) is 8.25. The van der Waals surface area contributed by atoms with Crippen LogP contribution in [0.15, 0.2) is 35.7 Å². The van der Waals surface area contributed by atoms with Crippen molar-refractivity contribution in [1.29, 1.82) is 0 Å². The Morgan fingerprint density at radius 1 is 0.765 bits per heavy atom. The van der Waals surface area contributed by atoms with E-state index in [1.54, 1.807) is 0 Å². The summed E-state index contributed by atoms with van der Waals surface area (Å²) in [7, 11) is 0. The molecule has 0 unspecified atom stereocenters. The maximum Gasteiger partial charge on any atom is 0.0345 e. The zero-order chi connectivity index (χ0) is 13.3. The minimum absolute atomic E-state index is 1.32. The van der Waals surface area contributed by atoms with E-state index in [2.05, 4.69) is 49.6 Å². The molecule has 0 nitrogen and oxygen atoms in total. The normalized spacial score (nSPS) is 8.59. The van der Waals surface area contributed by atoms with Crippen molar-refractivity contribution in [2.45, 2.75) is 41.5 Å². The van der Waals surface area contributed by atoms with Crippen molar-refractivity contribution in [2.75, 3.05) is 0 Å². The maximum absolute atomic E-state index is 2.23. The van der Waals surface area contributed by atoms with Crippen LogP contribution >= 0.6 is 11.3 Å². The summed E-state index contributed by atoms with van der Waals surface area (Å²) >= 11 is 1.81. The molecule has 0 saturated heterocycles. The van der Waals surface area contributed by atoms with Gasteiger partial charge in [0, 0.05) is 4.88 Å². The van der Waals surface area contributed by atoms with Crippen LogP contribution in [0.1, 0.15) is 38.8 Å². The summed E-state index contributed by atoms with van der Waals surface area (Å²) in [4.78, 5) is 1.36. The second-order valence-electron chi connectivity index (χ2n) is 3.35. The van der Waals surface area contributed by atoms with E-state index in [0.717, 1.165) is 0 Å². The van der Waals surface area contributed by atoms with Crippen LogP contribution in [0.2, 0.25) is 0 Å². The Bertz CT molecular complexity index is 396. The monoisotopic (exact) mass is 248 g/mol. The molecule has 0 spiro atoms. The third-order valence-corrected chi connectivity index (χ3v) is 3.16.